The maximum atomic E-state index is 5.79. The Morgan fingerprint density at radius 2 is 2.06 bits per heavy atom. The molecule has 18 heavy (non-hydrogen) atoms. The van der Waals surface area contributed by atoms with Gasteiger partial charge in [0, 0.05) is 12.6 Å². The van der Waals surface area contributed by atoms with E-state index in [2.05, 4.69) is 41.2 Å². The molecule has 1 N–H and O–H groups in total. The number of nitrogens with one attached hydrogen (secondary N) is 1. The molecule has 1 fully saturated rings. The van der Waals surface area contributed by atoms with Crippen molar-refractivity contribution in [2.45, 2.75) is 52.6 Å². The van der Waals surface area contributed by atoms with E-state index in [1.807, 2.05) is 6.92 Å². The lowest BCUT2D eigenvalue weighted by molar-refractivity contribution is 0.412. The molecule has 5 nitrogen and oxygen atoms in total. The number of hydrogen-bond acceptors (Lipinski definition) is 5. The molecule has 2 rings (SSSR count). The summed E-state index contributed by atoms with van der Waals surface area (Å²) in [7, 11) is 0. The largest absolute Gasteiger partial charge is 0.406 e. The fourth-order valence-electron chi connectivity index (χ4n) is 2.00. The van der Waals surface area contributed by atoms with Gasteiger partial charge in [0.15, 0.2) is 0 Å². The van der Waals surface area contributed by atoms with Crippen LogP contribution in [0.15, 0.2) is 4.42 Å². The molecule has 102 valence electrons. The Balaban J connectivity index is 2.05. The Labute approximate surface area is 109 Å². The topological polar surface area (TPSA) is 54.2 Å². The molecule has 0 aromatic carbocycles. The Kier molecular flexibility index (Phi) is 4.22. The Morgan fingerprint density at radius 1 is 1.33 bits per heavy atom. The molecule has 1 aliphatic rings. The summed E-state index contributed by atoms with van der Waals surface area (Å²) >= 11 is 0. The third-order valence-electron chi connectivity index (χ3n) is 3.33. The second-order valence-electron chi connectivity index (χ2n) is 5.39. The predicted octanol–water partition coefficient (Wildman–Crippen LogP) is 2.36. The van der Waals surface area contributed by atoms with Crippen LogP contribution in [0.5, 0.6) is 0 Å². The molecule has 1 aromatic heterocycles. The van der Waals surface area contributed by atoms with Gasteiger partial charge in [0.05, 0.1) is 6.04 Å². The third-order valence-corrected chi connectivity index (χ3v) is 3.33. The van der Waals surface area contributed by atoms with Gasteiger partial charge in [-0.3, -0.25) is 0 Å². The number of hydrogen-bond donors (Lipinski definition) is 1. The highest BCUT2D eigenvalue weighted by Crippen LogP contribution is 2.32. The molecule has 0 radical (unpaired) electrons. The maximum absolute atomic E-state index is 5.79. The molecule has 0 aliphatic heterocycles. The highest BCUT2D eigenvalue weighted by Gasteiger charge is 2.28. The Morgan fingerprint density at radius 3 is 2.61 bits per heavy atom. The summed E-state index contributed by atoms with van der Waals surface area (Å²) in [5.41, 5.74) is 0. The fourth-order valence-corrected chi connectivity index (χ4v) is 2.00. The van der Waals surface area contributed by atoms with Crippen LogP contribution in [0, 0.1) is 5.92 Å². The van der Waals surface area contributed by atoms with Gasteiger partial charge in [-0.05, 0) is 46.1 Å². The first kappa shape index (κ1) is 13.3. The van der Waals surface area contributed by atoms with Crippen molar-refractivity contribution < 1.29 is 4.42 Å². The van der Waals surface area contributed by atoms with E-state index < -0.39 is 0 Å². The first-order chi connectivity index (χ1) is 8.61. The summed E-state index contributed by atoms with van der Waals surface area (Å²) < 4.78 is 5.79. The van der Waals surface area contributed by atoms with Crippen LogP contribution in [0.1, 0.15) is 52.5 Å². The van der Waals surface area contributed by atoms with E-state index in [4.69, 9.17) is 4.42 Å². The van der Waals surface area contributed by atoms with Crippen molar-refractivity contribution in [3.63, 3.8) is 0 Å². The van der Waals surface area contributed by atoms with Crippen LogP contribution in [0.3, 0.4) is 0 Å². The van der Waals surface area contributed by atoms with E-state index in [0.29, 0.717) is 17.9 Å². The van der Waals surface area contributed by atoms with Crippen molar-refractivity contribution in [3.05, 3.63) is 5.89 Å². The summed E-state index contributed by atoms with van der Waals surface area (Å²) in [6.45, 7) is 10.4. The zero-order valence-corrected chi connectivity index (χ0v) is 11.8. The molecule has 1 atom stereocenters. The van der Waals surface area contributed by atoms with Crippen LogP contribution < -0.4 is 10.2 Å². The van der Waals surface area contributed by atoms with Gasteiger partial charge in [-0.1, -0.05) is 12.0 Å². The Hall–Kier alpha value is -1.10. The summed E-state index contributed by atoms with van der Waals surface area (Å²) in [5.74, 6) is 1.49. The van der Waals surface area contributed by atoms with E-state index >= 15 is 0 Å². The number of rotatable bonds is 7. The average Bonchev–Trinajstić information content (AvgIpc) is 3.01. The van der Waals surface area contributed by atoms with Crippen LogP contribution in [-0.2, 0) is 0 Å². The molecule has 0 bridgehead atoms. The smallest absolute Gasteiger partial charge is 0.318 e. The van der Waals surface area contributed by atoms with Crippen molar-refractivity contribution >= 4 is 6.01 Å². The van der Waals surface area contributed by atoms with Crippen molar-refractivity contribution in [2.75, 3.05) is 18.0 Å². The van der Waals surface area contributed by atoms with Gasteiger partial charge in [0.25, 0.3) is 0 Å². The van der Waals surface area contributed by atoms with Gasteiger partial charge >= 0.3 is 6.01 Å². The first-order valence-electron chi connectivity index (χ1n) is 6.95. The van der Waals surface area contributed by atoms with E-state index in [0.717, 1.165) is 19.0 Å². The van der Waals surface area contributed by atoms with E-state index in [-0.39, 0.29) is 6.04 Å². The standard InChI is InChI=1S/C13H24N4O/c1-5-14-10(4)12-15-16-13(18-12)17(9(2)3)8-11-6-7-11/h9-11,14H,5-8H2,1-4H3. The van der Waals surface area contributed by atoms with Gasteiger partial charge in [-0.15, -0.1) is 5.10 Å². The first-order valence-corrected chi connectivity index (χ1v) is 6.95. The van der Waals surface area contributed by atoms with Crippen molar-refractivity contribution in [1.82, 2.24) is 15.5 Å². The normalized spacial score (nSPS) is 17.2. The molecule has 1 heterocycles. The van der Waals surface area contributed by atoms with E-state index in [9.17, 15) is 0 Å². The highest BCUT2D eigenvalue weighted by molar-refractivity contribution is 5.26. The minimum Gasteiger partial charge on any atom is -0.406 e. The fraction of sp³-hybridized carbons (Fsp3) is 0.846. The molecule has 1 saturated carbocycles. The van der Waals surface area contributed by atoms with Crippen LogP contribution in [0.25, 0.3) is 0 Å². The lowest BCUT2D eigenvalue weighted by Gasteiger charge is -2.24. The van der Waals surface area contributed by atoms with E-state index in [1.165, 1.54) is 12.8 Å². The van der Waals surface area contributed by atoms with Crippen LogP contribution in [0.4, 0.5) is 6.01 Å². The second-order valence-corrected chi connectivity index (χ2v) is 5.39. The maximum Gasteiger partial charge on any atom is 0.318 e. The van der Waals surface area contributed by atoms with Crippen molar-refractivity contribution in [3.8, 4) is 0 Å². The molecule has 1 aromatic rings. The quantitative estimate of drug-likeness (QED) is 0.807. The summed E-state index contributed by atoms with van der Waals surface area (Å²) in [6, 6.07) is 1.18. The van der Waals surface area contributed by atoms with Crippen molar-refractivity contribution in [1.29, 1.82) is 0 Å². The summed E-state index contributed by atoms with van der Waals surface area (Å²) in [6.07, 6.45) is 2.66. The SMILES string of the molecule is CCNC(C)c1nnc(N(CC2CC2)C(C)C)o1. The lowest BCUT2D eigenvalue weighted by Crippen LogP contribution is -2.33. The molecule has 0 saturated heterocycles. The zero-order valence-electron chi connectivity index (χ0n) is 11.8. The van der Waals surface area contributed by atoms with Crippen LogP contribution in [-0.4, -0.2) is 29.3 Å². The molecule has 0 spiro atoms. The van der Waals surface area contributed by atoms with Crippen LogP contribution in [0.2, 0.25) is 0 Å². The van der Waals surface area contributed by atoms with E-state index in [1.54, 1.807) is 0 Å². The molecule has 1 unspecified atom stereocenters. The summed E-state index contributed by atoms with van der Waals surface area (Å²) in [4.78, 5) is 2.22. The van der Waals surface area contributed by atoms with Gasteiger partial charge in [-0.25, -0.2) is 0 Å². The third kappa shape index (κ3) is 3.22. The van der Waals surface area contributed by atoms with Gasteiger partial charge in [0.1, 0.15) is 0 Å². The predicted molar refractivity (Wildman–Crippen MR) is 71.6 cm³/mol. The monoisotopic (exact) mass is 252 g/mol. The van der Waals surface area contributed by atoms with Gasteiger partial charge in [0.2, 0.25) is 5.89 Å². The number of nitrogens with zero attached hydrogens (tertiary/aromatic N) is 3. The minimum atomic E-state index is 0.117. The Bertz CT molecular complexity index is 373. The lowest BCUT2D eigenvalue weighted by atomic mass is 10.3. The second kappa shape index (κ2) is 5.69. The minimum absolute atomic E-state index is 0.117. The van der Waals surface area contributed by atoms with Gasteiger partial charge in [-0.2, -0.15) is 0 Å². The van der Waals surface area contributed by atoms with Gasteiger partial charge < -0.3 is 14.6 Å². The molecule has 5 heteroatoms. The highest BCUT2D eigenvalue weighted by atomic mass is 16.4. The summed E-state index contributed by atoms with van der Waals surface area (Å²) in [5, 5.41) is 11.6. The number of anilines is 1. The molecular weight excluding hydrogens is 228 g/mol. The van der Waals surface area contributed by atoms with Crippen molar-refractivity contribution in [2.24, 2.45) is 5.92 Å². The van der Waals surface area contributed by atoms with Crippen LogP contribution >= 0.6 is 0 Å². The molecular formula is C13H24N4O. The molecule has 0 amide bonds. The number of aromatic nitrogens is 2. The molecule has 1 aliphatic carbocycles. The zero-order chi connectivity index (χ0) is 13.1. The average molecular weight is 252 g/mol.